The van der Waals surface area contributed by atoms with Crippen LogP contribution in [-0.2, 0) is 16.4 Å². The monoisotopic (exact) mass is 347 g/mol. The molecule has 1 heterocycles. The van der Waals surface area contributed by atoms with Crippen molar-refractivity contribution in [2.24, 2.45) is 0 Å². The van der Waals surface area contributed by atoms with Crippen molar-refractivity contribution < 1.29 is 92.1 Å². The Morgan fingerprint density at radius 3 is 2.45 bits per heavy atom. The Bertz CT molecular complexity index is 680. The van der Waals surface area contributed by atoms with E-state index in [1.807, 2.05) is 4.72 Å². The average Bonchev–Trinajstić information content (AvgIpc) is 2.24. The summed E-state index contributed by atoms with van der Waals surface area (Å²) in [6, 6.07) is 2.73. The number of hydrogen-bond acceptors (Lipinski definition) is 7. The van der Waals surface area contributed by atoms with E-state index in [0.29, 0.717) is 5.56 Å². The van der Waals surface area contributed by atoms with E-state index in [1.54, 1.807) is 0 Å². The van der Waals surface area contributed by atoms with Crippen LogP contribution in [0.5, 0.6) is 5.75 Å². The first kappa shape index (κ1) is 22.2. The second-order valence-electron chi connectivity index (χ2n) is 4.65. The fourth-order valence-corrected chi connectivity index (χ4v) is 2.61. The number of anilines is 1. The molecular formula is C10H12BNNa2O7S. The van der Waals surface area contributed by atoms with Crippen LogP contribution in [0.3, 0.4) is 0 Å². The molecule has 1 aliphatic heterocycles. The molecule has 1 aliphatic rings. The van der Waals surface area contributed by atoms with Crippen LogP contribution in [0, 0.1) is 0 Å². The van der Waals surface area contributed by atoms with Gasteiger partial charge in [0.25, 0.3) is 0 Å². The summed E-state index contributed by atoms with van der Waals surface area (Å²) in [5.74, 6) is -1.96. The Hall–Kier alpha value is 0.225. The molecule has 0 saturated heterocycles. The van der Waals surface area contributed by atoms with Crippen LogP contribution < -0.4 is 73.6 Å². The van der Waals surface area contributed by atoms with Crippen molar-refractivity contribution in [2.45, 2.75) is 12.7 Å². The van der Waals surface area contributed by atoms with Crippen molar-refractivity contribution in [2.75, 3.05) is 11.0 Å². The number of carbonyl (C=O) groups excluding carboxylic acids is 1. The van der Waals surface area contributed by atoms with E-state index >= 15 is 0 Å². The maximum absolute atomic E-state index is 11.2. The summed E-state index contributed by atoms with van der Waals surface area (Å²) in [6.45, 7) is -3.16. The average molecular weight is 347 g/mol. The number of carbonyl (C=O) groups is 1. The van der Waals surface area contributed by atoms with Crippen LogP contribution in [-0.4, -0.2) is 37.4 Å². The molecule has 22 heavy (non-hydrogen) atoms. The Kier molecular flexibility index (Phi) is 7.95. The SMILES string of the molecule is CS(=O)(=O)Nc1ccc2c(c1C(=O)[O-])O[B-](O)(O)CC2.[Na+].[Na+]. The number of aromatic carboxylic acids is 1. The third-order valence-corrected chi connectivity index (χ3v) is 3.43. The summed E-state index contributed by atoms with van der Waals surface area (Å²) < 4.78 is 29.3. The summed E-state index contributed by atoms with van der Waals surface area (Å²) in [5.41, 5.74) is -0.370. The van der Waals surface area contributed by atoms with Crippen LogP contribution >= 0.6 is 0 Å². The van der Waals surface area contributed by atoms with E-state index in [-0.39, 0.29) is 83.3 Å². The predicted octanol–water partition coefficient (Wildman–Crippen LogP) is -7.71. The minimum absolute atomic E-state index is 0. The quantitative estimate of drug-likeness (QED) is 0.462. The second-order valence-corrected chi connectivity index (χ2v) is 6.40. The topological polar surface area (TPSA) is 136 Å². The molecule has 1 aromatic rings. The zero-order valence-corrected chi connectivity index (χ0v) is 17.3. The van der Waals surface area contributed by atoms with Gasteiger partial charge in [-0.15, -0.1) is 0 Å². The molecule has 1 aromatic carbocycles. The molecule has 12 heteroatoms. The number of carboxylic acid groups (broad SMARTS) is 1. The smallest absolute Gasteiger partial charge is 0.669 e. The molecule has 0 amide bonds. The Balaban J connectivity index is 0.00000220. The predicted molar refractivity (Wildman–Crippen MR) is 68.6 cm³/mol. The van der Waals surface area contributed by atoms with Crippen LogP contribution in [0.2, 0.25) is 6.32 Å². The molecule has 0 fully saturated rings. The van der Waals surface area contributed by atoms with Gasteiger partial charge in [-0.3, -0.25) is 4.72 Å². The van der Waals surface area contributed by atoms with Gasteiger partial charge in [0, 0.05) is 0 Å². The summed E-state index contributed by atoms with van der Waals surface area (Å²) in [5, 5.41) is 30.2. The number of benzene rings is 1. The molecule has 0 aliphatic carbocycles. The molecule has 0 radical (unpaired) electrons. The zero-order valence-electron chi connectivity index (χ0n) is 12.5. The van der Waals surface area contributed by atoms with Crippen molar-refractivity contribution >= 4 is 28.4 Å². The minimum atomic E-state index is -3.71. The molecule has 8 nitrogen and oxygen atoms in total. The number of nitrogens with one attached hydrogen (secondary N) is 1. The van der Waals surface area contributed by atoms with Crippen molar-refractivity contribution in [3.63, 3.8) is 0 Å². The number of carboxylic acids is 1. The van der Waals surface area contributed by atoms with E-state index in [9.17, 15) is 28.4 Å². The summed E-state index contributed by atoms with van der Waals surface area (Å²) in [6.07, 6.45) is 0.985. The van der Waals surface area contributed by atoms with E-state index in [1.165, 1.54) is 12.1 Å². The van der Waals surface area contributed by atoms with Crippen LogP contribution in [0.1, 0.15) is 15.9 Å². The Labute approximate surface area is 171 Å². The van der Waals surface area contributed by atoms with Gasteiger partial charge in [-0.2, -0.15) is 0 Å². The molecule has 0 atom stereocenters. The van der Waals surface area contributed by atoms with Gasteiger partial charge >= 0.3 is 65.9 Å². The number of aryl methyl sites for hydroxylation is 1. The van der Waals surface area contributed by atoms with Crippen molar-refractivity contribution in [1.29, 1.82) is 0 Å². The van der Waals surface area contributed by atoms with E-state index in [2.05, 4.69) is 0 Å². The molecular weight excluding hydrogens is 335 g/mol. The van der Waals surface area contributed by atoms with Crippen molar-refractivity contribution in [3.05, 3.63) is 23.3 Å². The summed E-state index contributed by atoms with van der Waals surface area (Å²) >= 11 is 0. The van der Waals surface area contributed by atoms with Gasteiger partial charge in [0.1, 0.15) is 0 Å². The number of sulfonamides is 1. The van der Waals surface area contributed by atoms with Crippen LogP contribution in [0.25, 0.3) is 0 Å². The molecule has 2 rings (SSSR count). The largest absolute Gasteiger partial charge is 1.00 e. The molecule has 0 bridgehead atoms. The van der Waals surface area contributed by atoms with E-state index < -0.39 is 28.3 Å². The van der Waals surface area contributed by atoms with Gasteiger partial charge in [0.05, 0.1) is 29.2 Å². The van der Waals surface area contributed by atoms with Crippen LogP contribution in [0.4, 0.5) is 5.69 Å². The fraction of sp³-hybridized carbons (Fsp3) is 0.300. The standard InChI is InChI=1S/C10H13BNO7S.2Na/c1-20(17,18)12-7-3-2-6-4-5-11(15,16)19-9(6)8(7)10(13)14;;/h2-3,12,15-16H,4-5H2,1H3,(H,13,14);;/q-1;2*+1/p-1. The normalized spacial score (nSPS) is 15.4. The third kappa shape index (κ3) is 5.39. The molecule has 110 valence electrons. The van der Waals surface area contributed by atoms with Gasteiger partial charge in [-0.25, -0.2) is 8.42 Å². The number of fused-ring (bicyclic) bond motifs is 1. The van der Waals surface area contributed by atoms with Gasteiger partial charge in [0.2, 0.25) is 10.0 Å². The zero-order chi connectivity index (χ0) is 15.1. The van der Waals surface area contributed by atoms with E-state index in [0.717, 1.165) is 6.26 Å². The van der Waals surface area contributed by atoms with Gasteiger partial charge in [-0.05, 0) is 18.1 Å². The van der Waals surface area contributed by atoms with Gasteiger partial charge < -0.3 is 24.6 Å². The Morgan fingerprint density at radius 1 is 1.36 bits per heavy atom. The number of hydrogen-bond donors (Lipinski definition) is 3. The molecule has 0 saturated carbocycles. The third-order valence-electron chi connectivity index (χ3n) is 2.84. The van der Waals surface area contributed by atoms with Crippen LogP contribution in [0.15, 0.2) is 12.1 Å². The maximum Gasteiger partial charge on any atom is 1.00 e. The van der Waals surface area contributed by atoms with Crippen molar-refractivity contribution in [1.82, 2.24) is 0 Å². The van der Waals surface area contributed by atoms with Crippen molar-refractivity contribution in [3.8, 4) is 5.75 Å². The molecule has 0 aromatic heterocycles. The second kappa shape index (κ2) is 7.86. The molecule has 3 N–H and O–H groups in total. The molecule has 0 unspecified atom stereocenters. The maximum atomic E-state index is 11.2. The fourth-order valence-electron chi connectivity index (χ4n) is 2.04. The minimum Gasteiger partial charge on any atom is -0.669 e. The summed E-state index contributed by atoms with van der Waals surface area (Å²) in [7, 11) is -3.71. The van der Waals surface area contributed by atoms with Gasteiger partial charge in [0.15, 0.2) is 0 Å². The first-order valence-corrected chi connectivity index (χ1v) is 7.62. The van der Waals surface area contributed by atoms with E-state index in [4.69, 9.17) is 4.65 Å². The first-order chi connectivity index (χ1) is 9.09. The Morgan fingerprint density at radius 2 is 1.95 bits per heavy atom. The first-order valence-electron chi connectivity index (χ1n) is 5.73. The molecule has 0 spiro atoms. The van der Waals surface area contributed by atoms with Gasteiger partial charge in [-0.1, -0.05) is 12.4 Å². The summed E-state index contributed by atoms with van der Waals surface area (Å²) in [4.78, 5) is 11.2. The number of rotatable bonds is 3.